The zero-order valence-corrected chi connectivity index (χ0v) is 9.41. The molecular weight excluding hydrogens is 216 g/mol. The van der Waals surface area contributed by atoms with Crippen LogP contribution >= 0.6 is 0 Å². The monoisotopic (exact) mass is 230 g/mol. The zero-order valence-electron chi connectivity index (χ0n) is 9.41. The normalized spacial score (nSPS) is 30.4. The van der Waals surface area contributed by atoms with Crippen LogP contribution in [0.25, 0.3) is 0 Å². The summed E-state index contributed by atoms with van der Waals surface area (Å²) in [4.78, 5) is 11.2. The van der Waals surface area contributed by atoms with Crippen LogP contribution in [0.2, 0.25) is 0 Å². The van der Waals surface area contributed by atoms with Crippen molar-refractivity contribution in [1.29, 1.82) is 0 Å². The smallest absolute Gasteiger partial charge is 0.306 e. The van der Waals surface area contributed by atoms with Gasteiger partial charge in [-0.3, -0.25) is 4.79 Å². The highest BCUT2D eigenvalue weighted by Crippen LogP contribution is 2.33. The van der Waals surface area contributed by atoms with Crippen LogP contribution in [0.4, 0.5) is 0 Å². The minimum Gasteiger partial charge on any atom is -0.459 e. The van der Waals surface area contributed by atoms with Crippen molar-refractivity contribution in [2.75, 3.05) is 0 Å². The lowest BCUT2D eigenvalue weighted by Crippen LogP contribution is -2.27. The van der Waals surface area contributed by atoms with Gasteiger partial charge in [0.15, 0.2) is 0 Å². The van der Waals surface area contributed by atoms with Gasteiger partial charge in [0.05, 0.1) is 13.0 Å². The average molecular weight is 230 g/mol. The summed E-state index contributed by atoms with van der Waals surface area (Å²) in [6.45, 7) is 0.552. The SMILES string of the molecule is O=C1C[C@@H]2C=C[C@@H](OCc3ccccc3)[C@@H]2O1. The molecule has 1 aliphatic carbocycles. The predicted octanol–water partition coefficient (Wildman–Crippen LogP) is 2.07. The maximum absolute atomic E-state index is 11.2. The second-order valence-corrected chi connectivity index (χ2v) is 4.47. The molecule has 0 saturated carbocycles. The molecule has 1 aromatic rings. The molecule has 0 amide bonds. The van der Waals surface area contributed by atoms with Gasteiger partial charge in [0.2, 0.25) is 0 Å². The summed E-state index contributed by atoms with van der Waals surface area (Å²) in [5, 5.41) is 0. The first-order valence-corrected chi connectivity index (χ1v) is 5.86. The van der Waals surface area contributed by atoms with Gasteiger partial charge in [-0.15, -0.1) is 0 Å². The Balaban J connectivity index is 1.60. The van der Waals surface area contributed by atoms with Crippen molar-refractivity contribution in [3.05, 3.63) is 48.0 Å². The minimum absolute atomic E-state index is 0.0911. The Bertz CT molecular complexity index is 438. The van der Waals surface area contributed by atoms with Crippen LogP contribution in [-0.2, 0) is 20.9 Å². The molecule has 2 aliphatic rings. The molecule has 3 atom stereocenters. The summed E-state index contributed by atoms with van der Waals surface area (Å²) in [5.74, 6) is 0.0981. The summed E-state index contributed by atoms with van der Waals surface area (Å²) in [6.07, 6.45) is 4.33. The van der Waals surface area contributed by atoms with Gasteiger partial charge in [-0.1, -0.05) is 42.5 Å². The van der Waals surface area contributed by atoms with E-state index >= 15 is 0 Å². The molecule has 88 valence electrons. The molecule has 0 aromatic heterocycles. The first-order valence-electron chi connectivity index (χ1n) is 5.86. The lowest BCUT2D eigenvalue weighted by molar-refractivity contribution is -0.145. The number of hydrogen-bond donors (Lipinski definition) is 0. The van der Waals surface area contributed by atoms with Crippen LogP contribution in [0.5, 0.6) is 0 Å². The van der Waals surface area contributed by atoms with Gasteiger partial charge in [0.25, 0.3) is 0 Å². The Hall–Kier alpha value is -1.61. The van der Waals surface area contributed by atoms with E-state index < -0.39 is 0 Å². The summed E-state index contributed by atoms with van der Waals surface area (Å²) in [5.41, 5.74) is 1.13. The molecule has 0 unspecified atom stereocenters. The van der Waals surface area contributed by atoms with Crippen molar-refractivity contribution in [3.63, 3.8) is 0 Å². The number of esters is 1. The Morgan fingerprint density at radius 2 is 2.06 bits per heavy atom. The maximum atomic E-state index is 11.2. The molecule has 0 spiro atoms. The average Bonchev–Trinajstić information content (AvgIpc) is 2.87. The highest BCUT2D eigenvalue weighted by molar-refractivity contribution is 5.73. The lowest BCUT2D eigenvalue weighted by atomic mass is 10.1. The summed E-state index contributed by atoms with van der Waals surface area (Å²) in [7, 11) is 0. The maximum Gasteiger partial charge on any atom is 0.306 e. The van der Waals surface area contributed by atoms with Crippen molar-refractivity contribution in [1.82, 2.24) is 0 Å². The molecular formula is C14H14O3. The number of carbonyl (C=O) groups excluding carboxylic acids is 1. The molecule has 3 rings (SSSR count). The van der Waals surface area contributed by atoms with E-state index in [-0.39, 0.29) is 24.1 Å². The van der Waals surface area contributed by atoms with Gasteiger partial charge in [-0.2, -0.15) is 0 Å². The van der Waals surface area contributed by atoms with Crippen molar-refractivity contribution in [2.24, 2.45) is 5.92 Å². The molecule has 0 N–H and O–H groups in total. The second kappa shape index (κ2) is 4.34. The molecule has 1 aromatic carbocycles. The van der Waals surface area contributed by atoms with Gasteiger partial charge in [0, 0.05) is 5.92 Å². The third kappa shape index (κ3) is 2.11. The van der Waals surface area contributed by atoms with E-state index in [1.807, 2.05) is 42.5 Å². The van der Waals surface area contributed by atoms with Crippen LogP contribution in [0.3, 0.4) is 0 Å². The van der Waals surface area contributed by atoms with E-state index in [0.717, 1.165) is 5.56 Å². The van der Waals surface area contributed by atoms with Crippen molar-refractivity contribution < 1.29 is 14.3 Å². The fraction of sp³-hybridized carbons (Fsp3) is 0.357. The van der Waals surface area contributed by atoms with Crippen molar-refractivity contribution >= 4 is 5.97 Å². The van der Waals surface area contributed by atoms with Crippen LogP contribution in [-0.4, -0.2) is 18.2 Å². The quantitative estimate of drug-likeness (QED) is 0.589. The van der Waals surface area contributed by atoms with E-state index in [0.29, 0.717) is 13.0 Å². The topological polar surface area (TPSA) is 35.5 Å². The molecule has 1 heterocycles. The van der Waals surface area contributed by atoms with Crippen LogP contribution in [0.1, 0.15) is 12.0 Å². The first kappa shape index (κ1) is 10.5. The largest absolute Gasteiger partial charge is 0.459 e. The number of hydrogen-bond acceptors (Lipinski definition) is 3. The summed E-state index contributed by atoms with van der Waals surface area (Å²) < 4.78 is 11.0. The third-order valence-corrected chi connectivity index (χ3v) is 3.25. The van der Waals surface area contributed by atoms with Crippen molar-refractivity contribution in [2.45, 2.75) is 25.2 Å². The third-order valence-electron chi connectivity index (χ3n) is 3.25. The van der Waals surface area contributed by atoms with Crippen molar-refractivity contribution in [3.8, 4) is 0 Å². The lowest BCUT2D eigenvalue weighted by Gasteiger charge is -2.18. The minimum atomic E-state index is -0.113. The molecule has 3 heteroatoms. The molecule has 17 heavy (non-hydrogen) atoms. The predicted molar refractivity (Wildman–Crippen MR) is 62.1 cm³/mol. The van der Waals surface area contributed by atoms with E-state index in [9.17, 15) is 4.79 Å². The van der Waals surface area contributed by atoms with Gasteiger partial charge in [-0.25, -0.2) is 0 Å². The van der Waals surface area contributed by atoms with E-state index in [1.165, 1.54) is 0 Å². The van der Waals surface area contributed by atoms with E-state index in [2.05, 4.69) is 0 Å². The molecule has 3 nitrogen and oxygen atoms in total. The number of fused-ring (bicyclic) bond motifs is 1. The number of carbonyl (C=O) groups is 1. The number of benzene rings is 1. The van der Waals surface area contributed by atoms with E-state index in [4.69, 9.17) is 9.47 Å². The number of ether oxygens (including phenoxy) is 2. The molecule has 0 radical (unpaired) electrons. The standard InChI is InChI=1S/C14H14O3/c15-13-8-11-6-7-12(14(11)17-13)16-9-10-4-2-1-3-5-10/h1-7,11-12,14H,8-9H2/t11-,12+,14+/m0/s1. The second-order valence-electron chi connectivity index (χ2n) is 4.47. The van der Waals surface area contributed by atoms with Gasteiger partial charge < -0.3 is 9.47 Å². The van der Waals surface area contributed by atoms with Crippen LogP contribution < -0.4 is 0 Å². The highest BCUT2D eigenvalue weighted by Gasteiger charge is 2.42. The zero-order chi connectivity index (χ0) is 11.7. The van der Waals surface area contributed by atoms with Gasteiger partial charge >= 0.3 is 5.97 Å². The fourth-order valence-corrected chi connectivity index (χ4v) is 2.36. The van der Waals surface area contributed by atoms with Gasteiger partial charge in [0.1, 0.15) is 12.2 Å². The summed E-state index contributed by atoms with van der Waals surface area (Å²) >= 11 is 0. The fourth-order valence-electron chi connectivity index (χ4n) is 2.36. The Morgan fingerprint density at radius 3 is 2.88 bits per heavy atom. The molecule has 1 aliphatic heterocycles. The van der Waals surface area contributed by atoms with E-state index in [1.54, 1.807) is 0 Å². The Labute approximate surface area is 100 Å². The van der Waals surface area contributed by atoms with Crippen LogP contribution in [0.15, 0.2) is 42.5 Å². The van der Waals surface area contributed by atoms with Gasteiger partial charge in [-0.05, 0) is 5.56 Å². The number of rotatable bonds is 3. The highest BCUT2D eigenvalue weighted by atomic mass is 16.6. The summed E-state index contributed by atoms with van der Waals surface area (Å²) in [6, 6.07) is 10.0. The van der Waals surface area contributed by atoms with Crippen LogP contribution in [0, 0.1) is 5.92 Å². The Morgan fingerprint density at radius 1 is 1.24 bits per heavy atom. The molecule has 1 saturated heterocycles. The first-order chi connectivity index (χ1) is 8.33. The molecule has 0 bridgehead atoms. The molecule has 1 fully saturated rings. The Kier molecular flexibility index (Phi) is 2.69.